The Morgan fingerprint density at radius 2 is 1.48 bits per heavy atom. The Bertz CT molecular complexity index is 815. The van der Waals surface area contributed by atoms with Crippen molar-refractivity contribution in [2.24, 2.45) is 0 Å². The molecule has 5 N–H and O–H groups in total. The average molecular weight is 396 g/mol. The van der Waals surface area contributed by atoms with Crippen molar-refractivity contribution in [3.05, 3.63) is 53.1 Å². The molecule has 0 aliphatic heterocycles. The van der Waals surface area contributed by atoms with E-state index in [1.807, 2.05) is 6.20 Å². The van der Waals surface area contributed by atoms with Gasteiger partial charge in [-0.2, -0.15) is 16.8 Å². The third kappa shape index (κ3) is 12.2. The molecule has 25 heavy (non-hydrogen) atoms. The molecule has 1 aromatic heterocycles. The third-order valence-corrected chi connectivity index (χ3v) is 3.10. The van der Waals surface area contributed by atoms with E-state index in [1.165, 1.54) is 22.4 Å². The summed E-state index contributed by atoms with van der Waals surface area (Å²) in [5, 5.41) is 0. The summed E-state index contributed by atoms with van der Waals surface area (Å²) >= 11 is 0. The van der Waals surface area contributed by atoms with Crippen molar-refractivity contribution in [3.63, 3.8) is 0 Å². The Hall–Kier alpha value is -1.83. The van der Waals surface area contributed by atoms with Crippen LogP contribution in [0.5, 0.6) is 0 Å². The van der Waals surface area contributed by atoms with Gasteiger partial charge in [0.2, 0.25) is 0 Å². The van der Waals surface area contributed by atoms with Crippen molar-refractivity contribution in [2.45, 2.75) is 26.7 Å². The molecule has 0 fully saturated rings. The molecule has 0 bridgehead atoms. The van der Waals surface area contributed by atoms with Crippen LogP contribution in [-0.2, 0) is 20.8 Å². The molecule has 0 amide bonds. The first-order valence-corrected chi connectivity index (χ1v) is 9.43. The Balaban J connectivity index is 0.000000480. The van der Waals surface area contributed by atoms with Crippen molar-refractivity contribution in [2.75, 3.05) is 0 Å². The molecule has 2 rings (SSSR count). The maximum Gasteiger partial charge on any atom is 0.394 e. The fourth-order valence-corrected chi connectivity index (χ4v) is 1.91. The van der Waals surface area contributed by atoms with Crippen LogP contribution in [0.3, 0.4) is 0 Å². The smallest absolute Gasteiger partial charge is 0.348 e. The van der Waals surface area contributed by atoms with Gasteiger partial charge in [0, 0.05) is 17.8 Å². The van der Waals surface area contributed by atoms with E-state index in [9.17, 15) is 0 Å². The van der Waals surface area contributed by atoms with Crippen LogP contribution in [0.4, 0.5) is 0 Å². The van der Waals surface area contributed by atoms with Crippen LogP contribution in [0.2, 0.25) is 0 Å². The van der Waals surface area contributed by atoms with Gasteiger partial charge in [-0.15, -0.1) is 0 Å². The van der Waals surface area contributed by atoms with Crippen molar-refractivity contribution >= 4 is 20.8 Å². The highest BCUT2D eigenvalue weighted by molar-refractivity contribution is 7.80. The molecule has 0 saturated carbocycles. The van der Waals surface area contributed by atoms with Gasteiger partial charge in [-0.25, -0.2) is 4.98 Å². The molecule has 0 radical (unpaired) electrons. The van der Waals surface area contributed by atoms with Gasteiger partial charge >= 0.3 is 20.8 Å². The predicted molar refractivity (Wildman–Crippen MR) is 90.4 cm³/mol. The second-order valence-corrected chi connectivity index (χ2v) is 6.70. The van der Waals surface area contributed by atoms with Gasteiger partial charge in [0.05, 0.1) is 6.33 Å². The van der Waals surface area contributed by atoms with Gasteiger partial charge in [0.1, 0.15) is 0 Å². The fourth-order valence-electron chi connectivity index (χ4n) is 1.91. The van der Waals surface area contributed by atoms with Crippen LogP contribution < -0.4 is 0 Å². The molecule has 0 spiro atoms. The molecule has 1 aromatic carbocycles. The number of aryl methyl sites for hydroxylation is 1. The van der Waals surface area contributed by atoms with Crippen LogP contribution in [0, 0.1) is 13.8 Å². The lowest BCUT2D eigenvalue weighted by Crippen LogP contribution is -2.00. The number of rotatable bonds is 2. The van der Waals surface area contributed by atoms with Crippen molar-refractivity contribution in [1.29, 1.82) is 0 Å². The van der Waals surface area contributed by atoms with Crippen molar-refractivity contribution in [3.8, 4) is 0 Å². The number of nitrogens with one attached hydrogen (secondary N) is 1. The second-order valence-electron chi connectivity index (χ2n) is 4.91. The molecule has 142 valence electrons. The number of benzene rings is 1. The van der Waals surface area contributed by atoms with E-state index in [4.69, 9.17) is 35.0 Å². The fraction of sp³-hybridized carbons (Fsp3) is 0.308. The molecule has 2 aromatic rings. The normalized spacial score (nSPS) is 12.3. The SMILES string of the molecule is Cc1cccc([C@H](C)c2cnc[nH]2)c1C.O=S(=O)(O)O.O=S(=O)(O)O. The maximum absolute atomic E-state index is 8.74. The third-order valence-electron chi connectivity index (χ3n) is 3.10. The summed E-state index contributed by atoms with van der Waals surface area (Å²) in [6, 6.07) is 6.46. The first-order chi connectivity index (χ1) is 11.2. The predicted octanol–water partition coefficient (Wildman–Crippen LogP) is 1.87. The molecule has 1 heterocycles. The van der Waals surface area contributed by atoms with Gasteiger partial charge in [-0.05, 0) is 30.5 Å². The lowest BCUT2D eigenvalue weighted by molar-refractivity contribution is 0.378. The summed E-state index contributed by atoms with van der Waals surface area (Å²) in [7, 11) is -9.33. The highest BCUT2D eigenvalue weighted by Crippen LogP contribution is 2.26. The summed E-state index contributed by atoms with van der Waals surface area (Å²) in [4.78, 5) is 7.24. The van der Waals surface area contributed by atoms with Crippen LogP contribution in [0.15, 0.2) is 30.7 Å². The van der Waals surface area contributed by atoms with Crippen LogP contribution >= 0.6 is 0 Å². The largest absolute Gasteiger partial charge is 0.394 e. The van der Waals surface area contributed by atoms with E-state index < -0.39 is 20.8 Å². The maximum atomic E-state index is 8.74. The van der Waals surface area contributed by atoms with Crippen LogP contribution in [0.25, 0.3) is 0 Å². The minimum absolute atomic E-state index is 0.382. The molecule has 12 heteroatoms. The summed E-state index contributed by atoms with van der Waals surface area (Å²) in [6.07, 6.45) is 3.63. The topological polar surface area (TPSA) is 178 Å². The van der Waals surface area contributed by atoms with Crippen molar-refractivity contribution < 1.29 is 35.0 Å². The Morgan fingerprint density at radius 1 is 1.00 bits per heavy atom. The zero-order valence-electron chi connectivity index (χ0n) is 13.6. The van der Waals surface area contributed by atoms with E-state index in [0.29, 0.717) is 5.92 Å². The lowest BCUT2D eigenvalue weighted by atomic mass is 9.92. The molecule has 10 nitrogen and oxygen atoms in total. The molecule has 0 aliphatic carbocycles. The number of imidazole rings is 1. The first-order valence-electron chi connectivity index (χ1n) is 6.64. The zero-order valence-corrected chi connectivity index (χ0v) is 15.3. The number of H-pyrrole nitrogens is 1. The van der Waals surface area contributed by atoms with E-state index in [-0.39, 0.29) is 0 Å². The minimum atomic E-state index is -4.67. The summed E-state index contributed by atoms with van der Waals surface area (Å²) in [5.74, 6) is 0.382. The van der Waals surface area contributed by atoms with E-state index in [1.54, 1.807) is 6.33 Å². The molecule has 0 saturated heterocycles. The Morgan fingerprint density at radius 3 is 1.88 bits per heavy atom. The number of hydrogen-bond acceptors (Lipinski definition) is 5. The highest BCUT2D eigenvalue weighted by atomic mass is 32.3. The van der Waals surface area contributed by atoms with Gasteiger partial charge in [0.25, 0.3) is 0 Å². The number of nitrogens with zero attached hydrogens (tertiary/aromatic N) is 1. The van der Waals surface area contributed by atoms with E-state index in [2.05, 4.69) is 48.9 Å². The molecular weight excluding hydrogens is 376 g/mol. The summed E-state index contributed by atoms with van der Waals surface area (Å²) < 4.78 is 63.2. The highest BCUT2D eigenvalue weighted by Gasteiger charge is 2.12. The number of hydrogen-bond donors (Lipinski definition) is 5. The van der Waals surface area contributed by atoms with Gasteiger partial charge < -0.3 is 4.98 Å². The quantitative estimate of drug-likeness (QED) is 0.474. The summed E-state index contributed by atoms with van der Waals surface area (Å²) in [6.45, 7) is 6.53. The average Bonchev–Trinajstić information content (AvgIpc) is 2.91. The van der Waals surface area contributed by atoms with E-state index >= 15 is 0 Å². The lowest BCUT2D eigenvalue weighted by Gasteiger charge is -2.14. The Kier molecular flexibility index (Phi) is 8.90. The van der Waals surface area contributed by atoms with Crippen LogP contribution in [-0.4, -0.2) is 45.0 Å². The van der Waals surface area contributed by atoms with Gasteiger partial charge in [0.15, 0.2) is 0 Å². The zero-order chi connectivity index (χ0) is 19.8. The molecular formula is C13H20N2O8S2. The molecule has 1 atom stereocenters. The monoisotopic (exact) mass is 396 g/mol. The van der Waals surface area contributed by atoms with Crippen LogP contribution in [0.1, 0.15) is 35.2 Å². The first kappa shape index (κ1) is 23.2. The second kappa shape index (κ2) is 9.60. The molecule has 0 unspecified atom stereocenters. The Labute approximate surface area is 146 Å². The van der Waals surface area contributed by atoms with Gasteiger partial charge in [-0.3, -0.25) is 18.2 Å². The van der Waals surface area contributed by atoms with Crippen molar-refractivity contribution in [1.82, 2.24) is 9.97 Å². The molecule has 0 aliphatic rings. The minimum Gasteiger partial charge on any atom is -0.348 e. The standard InChI is InChI=1S/C13H16N2.2H2O4S/c1-9-5-4-6-12(10(9)2)11(3)13-7-14-8-15-13;2*1-5(2,3)4/h4-8,11H,1-3H3,(H,14,15);2*(H2,1,2,3,4)/t11-;;/m0../s1. The number of aromatic nitrogens is 2. The summed E-state index contributed by atoms with van der Waals surface area (Å²) in [5.41, 5.74) is 5.27. The van der Waals surface area contributed by atoms with Gasteiger partial charge in [-0.1, -0.05) is 25.1 Å². The van der Waals surface area contributed by atoms with E-state index in [0.717, 1.165) is 0 Å². The number of aromatic amines is 1.